The average Bonchev–Trinajstić information content (AvgIpc) is 2.67. The van der Waals surface area contributed by atoms with Crippen LogP contribution in [0, 0.1) is 0 Å². The number of nitrogens with zero attached hydrogens (tertiary/aromatic N) is 2. The van der Waals surface area contributed by atoms with Gasteiger partial charge in [-0.15, -0.1) is 22.7 Å². The third-order valence-corrected chi connectivity index (χ3v) is 1.74. The van der Waals surface area contributed by atoms with Crippen molar-refractivity contribution in [1.29, 1.82) is 0 Å². The summed E-state index contributed by atoms with van der Waals surface area (Å²) in [7, 11) is 0. The molecule has 0 aliphatic carbocycles. The Kier molecular flexibility index (Phi) is 6.81. The molecule has 2 rings (SSSR count). The molecule has 0 unspecified atom stereocenters. The Balaban J connectivity index is 0.000000167. The lowest BCUT2D eigenvalue weighted by Gasteiger charge is -1.41. The van der Waals surface area contributed by atoms with Gasteiger partial charge in [0.15, 0.2) is 0 Å². The van der Waals surface area contributed by atoms with E-state index < -0.39 is 0 Å². The molecule has 0 saturated heterocycles. The van der Waals surface area contributed by atoms with Crippen LogP contribution in [-0.2, 0) is 0 Å². The number of thiazole rings is 2. The first-order chi connectivity index (χ1) is 5.00. The Bertz CT molecular complexity index is 158. The molecule has 5 heteroatoms. The Labute approximate surface area is 72.7 Å². The molecule has 0 amide bonds. The van der Waals surface area contributed by atoms with E-state index in [-0.39, 0.29) is 5.48 Å². The zero-order valence-corrected chi connectivity index (χ0v) is 7.31. The Morgan fingerprint density at radius 2 is 1.27 bits per heavy atom. The van der Waals surface area contributed by atoms with Crippen LogP contribution < -0.4 is 0 Å². The van der Waals surface area contributed by atoms with Crippen LogP contribution in [-0.4, -0.2) is 15.4 Å². The molecule has 0 fully saturated rings. The van der Waals surface area contributed by atoms with Crippen molar-refractivity contribution < 1.29 is 5.48 Å². The normalized spacial score (nSPS) is 7.27. The second kappa shape index (κ2) is 7.33. The van der Waals surface area contributed by atoms with Crippen molar-refractivity contribution >= 4 is 22.7 Å². The maximum absolute atomic E-state index is 3.74. The zero-order valence-electron chi connectivity index (χ0n) is 5.68. The highest BCUT2D eigenvalue weighted by Crippen LogP contribution is 1.86. The van der Waals surface area contributed by atoms with Crippen molar-refractivity contribution in [2.45, 2.75) is 0 Å². The molecular weight excluding hydrogens is 180 g/mol. The topological polar surface area (TPSA) is 57.3 Å². The fourth-order valence-electron chi connectivity index (χ4n) is 0.351. The van der Waals surface area contributed by atoms with Crippen LogP contribution in [0.4, 0.5) is 0 Å². The van der Waals surface area contributed by atoms with Gasteiger partial charge in [0.25, 0.3) is 0 Å². The van der Waals surface area contributed by atoms with Crippen LogP contribution in [0.2, 0.25) is 0 Å². The second-order valence-corrected chi connectivity index (χ2v) is 2.86. The molecule has 0 spiro atoms. The van der Waals surface area contributed by atoms with E-state index in [1.807, 2.05) is 10.8 Å². The number of aromatic nitrogens is 2. The van der Waals surface area contributed by atoms with Crippen LogP contribution in [0.1, 0.15) is 0 Å². The minimum atomic E-state index is 0. The van der Waals surface area contributed by atoms with Crippen LogP contribution in [0.15, 0.2) is 34.2 Å². The summed E-state index contributed by atoms with van der Waals surface area (Å²) in [6, 6.07) is 0. The van der Waals surface area contributed by atoms with Crippen molar-refractivity contribution in [1.82, 2.24) is 9.97 Å². The summed E-state index contributed by atoms with van der Waals surface area (Å²) < 4.78 is 0. The van der Waals surface area contributed by atoms with Gasteiger partial charge < -0.3 is 5.48 Å². The van der Waals surface area contributed by atoms with Crippen LogP contribution in [0.3, 0.4) is 0 Å². The summed E-state index contributed by atoms with van der Waals surface area (Å²) >= 11 is 3.20. The maximum Gasteiger partial charge on any atom is 0.0791 e. The average molecular weight is 188 g/mol. The van der Waals surface area contributed by atoms with Crippen molar-refractivity contribution in [3.05, 3.63) is 34.2 Å². The van der Waals surface area contributed by atoms with Gasteiger partial charge in [0.05, 0.1) is 11.0 Å². The first-order valence-electron chi connectivity index (χ1n) is 2.64. The lowest BCUT2D eigenvalue weighted by atomic mass is 11.0. The van der Waals surface area contributed by atoms with Crippen molar-refractivity contribution in [2.24, 2.45) is 0 Å². The van der Waals surface area contributed by atoms with E-state index >= 15 is 0 Å². The van der Waals surface area contributed by atoms with Crippen molar-refractivity contribution in [2.75, 3.05) is 0 Å². The third-order valence-electron chi connectivity index (χ3n) is 0.694. The number of hydrogen-bond acceptors (Lipinski definition) is 4. The van der Waals surface area contributed by atoms with E-state index in [1.165, 1.54) is 0 Å². The first-order valence-corrected chi connectivity index (χ1v) is 4.53. The SMILES string of the molecule is O.c1cscn1.c1cscn1. The smallest absolute Gasteiger partial charge is 0.0791 e. The summed E-state index contributed by atoms with van der Waals surface area (Å²) in [5.41, 5.74) is 3.58. The van der Waals surface area contributed by atoms with Gasteiger partial charge in [-0.25, -0.2) is 0 Å². The van der Waals surface area contributed by atoms with Crippen molar-refractivity contribution in [3.63, 3.8) is 0 Å². The molecule has 0 bridgehead atoms. The van der Waals surface area contributed by atoms with Crippen molar-refractivity contribution in [3.8, 4) is 0 Å². The Hall–Kier alpha value is -0.780. The molecule has 0 radical (unpaired) electrons. The first kappa shape index (κ1) is 10.2. The summed E-state index contributed by atoms with van der Waals surface area (Å²) in [4.78, 5) is 7.48. The summed E-state index contributed by atoms with van der Waals surface area (Å²) in [6.45, 7) is 0. The Morgan fingerprint density at radius 3 is 1.36 bits per heavy atom. The van der Waals surface area contributed by atoms with Gasteiger partial charge in [0.2, 0.25) is 0 Å². The predicted molar refractivity (Wildman–Crippen MR) is 47.8 cm³/mol. The molecule has 60 valence electrons. The standard InChI is InChI=1S/2C3H3NS.H2O/c2*1-2-5-3-4-1;/h2*1-3H;1H2. The summed E-state index contributed by atoms with van der Waals surface area (Å²) in [6.07, 6.45) is 3.54. The molecule has 2 aromatic rings. The highest BCUT2D eigenvalue weighted by Gasteiger charge is 1.59. The molecule has 0 saturated carbocycles. The van der Waals surface area contributed by atoms with Gasteiger partial charge in [-0.3, -0.25) is 9.97 Å². The highest BCUT2D eigenvalue weighted by atomic mass is 32.1. The van der Waals surface area contributed by atoms with E-state index in [4.69, 9.17) is 0 Å². The van der Waals surface area contributed by atoms with E-state index in [0.717, 1.165) is 0 Å². The van der Waals surface area contributed by atoms with Crippen LogP contribution >= 0.6 is 22.7 Å². The number of rotatable bonds is 0. The molecule has 0 aliphatic heterocycles. The maximum atomic E-state index is 3.74. The molecule has 11 heavy (non-hydrogen) atoms. The molecule has 0 atom stereocenters. The minimum absolute atomic E-state index is 0. The minimum Gasteiger partial charge on any atom is -0.412 e. The summed E-state index contributed by atoms with van der Waals surface area (Å²) in [5, 5.41) is 3.86. The largest absolute Gasteiger partial charge is 0.412 e. The molecule has 2 heterocycles. The van der Waals surface area contributed by atoms with Gasteiger partial charge in [-0.1, -0.05) is 0 Å². The van der Waals surface area contributed by atoms with Crippen LogP contribution in [0.25, 0.3) is 0 Å². The fraction of sp³-hybridized carbons (Fsp3) is 0. The van der Waals surface area contributed by atoms with Crippen LogP contribution in [0.5, 0.6) is 0 Å². The van der Waals surface area contributed by atoms with E-state index in [2.05, 4.69) is 9.97 Å². The second-order valence-electron chi connectivity index (χ2n) is 1.35. The number of hydrogen-bond donors (Lipinski definition) is 0. The fourth-order valence-corrected chi connectivity index (χ4v) is 1.05. The van der Waals surface area contributed by atoms with Gasteiger partial charge in [0.1, 0.15) is 0 Å². The predicted octanol–water partition coefficient (Wildman–Crippen LogP) is 1.46. The Morgan fingerprint density at radius 1 is 0.818 bits per heavy atom. The molecule has 0 aromatic carbocycles. The molecule has 2 N–H and O–H groups in total. The zero-order chi connectivity index (χ0) is 7.07. The summed E-state index contributed by atoms with van der Waals surface area (Å²) in [5.74, 6) is 0. The van der Waals surface area contributed by atoms with Gasteiger partial charge in [-0.2, -0.15) is 0 Å². The molecule has 2 aromatic heterocycles. The quantitative estimate of drug-likeness (QED) is 0.628. The molecule has 3 nitrogen and oxygen atoms in total. The van der Waals surface area contributed by atoms with E-state index in [1.54, 1.807) is 46.1 Å². The van der Waals surface area contributed by atoms with Gasteiger partial charge in [0, 0.05) is 23.2 Å². The highest BCUT2D eigenvalue weighted by molar-refractivity contribution is 7.07. The van der Waals surface area contributed by atoms with E-state index in [0.29, 0.717) is 0 Å². The monoisotopic (exact) mass is 188 g/mol. The lowest BCUT2D eigenvalue weighted by Crippen LogP contribution is -1.38. The van der Waals surface area contributed by atoms with E-state index in [9.17, 15) is 0 Å². The molecular formula is C6H8N2OS2. The third kappa shape index (κ3) is 5.65. The lowest BCUT2D eigenvalue weighted by molar-refractivity contribution is 0.824. The molecule has 0 aliphatic rings. The van der Waals surface area contributed by atoms with Gasteiger partial charge >= 0.3 is 0 Å². The van der Waals surface area contributed by atoms with Gasteiger partial charge in [-0.05, 0) is 0 Å².